The van der Waals surface area contributed by atoms with E-state index in [9.17, 15) is 23.4 Å². The molecule has 174 valence electrons. The molecule has 0 fully saturated rings. The molecule has 0 spiro atoms. The van der Waals surface area contributed by atoms with Gasteiger partial charge in [-0.3, -0.25) is 10.2 Å². The zero-order valence-corrected chi connectivity index (χ0v) is 18.6. The normalized spacial score (nSPS) is 11.5. The van der Waals surface area contributed by atoms with Gasteiger partial charge < -0.3 is 26.2 Å². The number of carbonyl (C=O) groups excluding carboxylic acids is 1. The number of hydrogen-bond acceptors (Lipinski definition) is 7. The van der Waals surface area contributed by atoms with Crippen LogP contribution in [0.25, 0.3) is 33.5 Å². The van der Waals surface area contributed by atoms with Crippen LogP contribution in [0.1, 0.15) is 15.9 Å². The van der Waals surface area contributed by atoms with Gasteiger partial charge in [-0.2, -0.15) is 0 Å². The molecule has 1 heterocycles. The van der Waals surface area contributed by atoms with E-state index in [1.54, 1.807) is 18.2 Å². The number of aromatic nitrogens is 2. The van der Waals surface area contributed by atoms with Gasteiger partial charge in [-0.05, 0) is 48.5 Å². The smallest absolute Gasteiger partial charge is 0.251 e. The lowest BCUT2D eigenvalue weighted by atomic mass is 9.96. The van der Waals surface area contributed by atoms with Gasteiger partial charge in [0.05, 0.1) is 21.5 Å². The fraction of sp³-hybridized carbons (Fsp3) is 0.0455. The summed E-state index contributed by atoms with van der Waals surface area (Å²) < 4.78 is 23.7. The number of aromatic hydroxyl groups is 2. The molecule has 0 atom stereocenters. The number of phenolic OH excluding ortho intramolecular Hbond substituents is 2. The van der Waals surface area contributed by atoms with E-state index in [2.05, 4.69) is 15.3 Å². The first-order chi connectivity index (χ1) is 16.0. The Bertz CT molecular complexity index is 1590. The molecule has 0 saturated heterocycles. The molecule has 12 heteroatoms. The Hall–Kier alpha value is -4.42. The van der Waals surface area contributed by atoms with E-state index in [4.69, 9.17) is 16.3 Å². The summed E-state index contributed by atoms with van der Waals surface area (Å²) in [5.41, 5.74) is 7.25. The quantitative estimate of drug-likeness (QED) is 0.165. The molecule has 1 amide bonds. The standard InChI is InChI=1S/C22H20N6O5S/c1-26-22(31)11-6-14(13-9-12(34(25,32)33)3-5-18(13)29)19(30)15(7-11)21-27-16-4-2-10(20(23)24)8-17(16)28-21/h2-9,29-30H,1H3,(H3,23,24)(H,26,31)(H,27,28)(H2,25,32,33). The Morgan fingerprint density at radius 1 is 1.03 bits per heavy atom. The number of carbonyl (C=O) groups is 1. The summed E-state index contributed by atoms with van der Waals surface area (Å²) in [7, 11) is -2.67. The van der Waals surface area contributed by atoms with Crippen LogP contribution in [0.3, 0.4) is 0 Å². The number of amides is 1. The van der Waals surface area contributed by atoms with E-state index < -0.39 is 15.9 Å². The van der Waals surface area contributed by atoms with Gasteiger partial charge >= 0.3 is 0 Å². The maximum absolute atomic E-state index is 12.5. The molecule has 4 aromatic rings. The van der Waals surface area contributed by atoms with Crippen molar-refractivity contribution in [3.63, 3.8) is 0 Å². The third-order valence-electron chi connectivity index (χ3n) is 5.23. The average molecular weight is 481 g/mol. The number of amidine groups is 1. The molecule has 0 radical (unpaired) electrons. The topological polar surface area (TPSA) is 208 Å². The number of nitrogens with zero attached hydrogens (tertiary/aromatic N) is 1. The Labute approximate surface area is 193 Å². The number of nitrogen functional groups attached to an aromatic ring is 1. The van der Waals surface area contributed by atoms with Crippen LogP contribution in [-0.2, 0) is 10.0 Å². The molecule has 11 nitrogen and oxygen atoms in total. The second-order valence-corrected chi connectivity index (χ2v) is 9.02. The number of primary sulfonamides is 1. The summed E-state index contributed by atoms with van der Waals surface area (Å²) in [4.78, 5) is 19.6. The lowest BCUT2D eigenvalue weighted by molar-refractivity contribution is 0.0963. The molecule has 0 aliphatic rings. The number of benzene rings is 3. The number of rotatable bonds is 5. The molecular weight excluding hydrogens is 460 g/mol. The van der Waals surface area contributed by atoms with E-state index in [1.165, 1.54) is 19.2 Å². The molecule has 0 aliphatic carbocycles. The minimum Gasteiger partial charge on any atom is -0.507 e. The number of phenols is 2. The Kier molecular flexibility index (Phi) is 5.47. The van der Waals surface area contributed by atoms with E-state index in [-0.39, 0.29) is 50.3 Å². The van der Waals surface area contributed by atoms with Crippen molar-refractivity contribution >= 4 is 32.8 Å². The van der Waals surface area contributed by atoms with Gasteiger partial charge in [0.2, 0.25) is 10.0 Å². The molecule has 0 unspecified atom stereocenters. The predicted octanol–water partition coefficient (Wildman–Crippen LogP) is 1.60. The molecule has 3 aromatic carbocycles. The molecule has 0 bridgehead atoms. The number of fused-ring (bicyclic) bond motifs is 1. The number of nitrogens with one attached hydrogen (secondary N) is 3. The van der Waals surface area contributed by atoms with Crippen LogP contribution in [0.4, 0.5) is 0 Å². The van der Waals surface area contributed by atoms with Gasteiger partial charge in [0.15, 0.2) is 0 Å². The van der Waals surface area contributed by atoms with Crippen molar-refractivity contribution in [1.29, 1.82) is 5.41 Å². The Morgan fingerprint density at radius 3 is 2.38 bits per heavy atom. The molecule has 9 N–H and O–H groups in total. The lowest BCUT2D eigenvalue weighted by Gasteiger charge is -2.14. The highest BCUT2D eigenvalue weighted by Gasteiger charge is 2.22. The number of hydrogen-bond donors (Lipinski definition) is 7. The van der Waals surface area contributed by atoms with E-state index in [1.807, 2.05) is 0 Å². The van der Waals surface area contributed by atoms with Crippen LogP contribution in [0.5, 0.6) is 11.5 Å². The maximum atomic E-state index is 12.5. The summed E-state index contributed by atoms with van der Waals surface area (Å²) in [6.07, 6.45) is 0. The van der Waals surface area contributed by atoms with Crippen molar-refractivity contribution in [3.05, 3.63) is 59.7 Å². The third kappa shape index (κ3) is 4.02. The first-order valence-corrected chi connectivity index (χ1v) is 11.3. The van der Waals surface area contributed by atoms with Crippen LogP contribution in [0.15, 0.2) is 53.4 Å². The average Bonchev–Trinajstić information content (AvgIpc) is 3.21. The van der Waals surface area contributed by atoms with Gasteiger partial charge in [0, 0.05) is 29.3 Å². The minimum atomic E-state index is -4.10. The zero-order valence-electron chi connectivity index (χ0n) is 17.7. The van der Waals surface area contributed by atoms with Gasteiger partial charge in [-0.1, -0.05) is 0 Å². The van der Waals surface area contributed by atoms with Crippen LogP contribution < -0.4 is 16.2 Å². The van der Waals surface area contributed by atoms with Crippen molar-refractivity contribution in [2.45, 2.75) is 4.90 Å². The molecule has 0 aliphatic heterocycles. The number of H-pyrrole nitrogens is 1. The van der Waals surface area contributed by atoms with Crippen LogP contribution in [0.2, 0.25) is 0 Å². The highest BCUT2D eigenvalue weighted by Crippen LogP contribution is 2.42. The first-order valence-electron chi connectivity index (χ1n) is 9.79. The highest BCUT2D eigenvalue weighted by atomic mass is 32.2. The van der Waals surface area contributed by atoms with Gasteiger partial charge in [0.25, 0.3) is 5.91 Å². The van der Waals surface area contributed by atoms with E-state index >= 15 is 0 Å². The van der Waals surface area contributed by atoms with Crippen molar-refractivity contribution < 1.29 is 23.4 Å². The number of imidazole rings is 1. The Balaban J connectivity index is 1.99. The highest BCUT2D eigenvalue weighted by molar-refractivity contribution is 7.89. The molecular formula is C22H20N6O5S. The van der Waals surface area contributed by atoms with Crippen molar-refractivity contribution in [3.8, 4) is 34.0 Å². The van der Waals surface area contributed by atoms with Crippen LogP contribution in [-0.4, -0.2) is 47.4 Å². The summed E-state index contributed by atoms with van der Waals surface area (Å²) in [5, 5.41) is 36.8. The van der Waals surface area contributed by atoms with Gasteiger partial charge in [-0.25, -0.2) is 18.5 Å². The lowest BCUT2D eigenvalue weighted by Crippen LogP contribution is -2.18. The summed E-state index contributed by atoms with van der Waals surface area (Å²) in [6.45, 7) is 0. The monoisotopic (exact) mass is 480 g/mol. The second kappa shape index (κ2) is 8.17. The van der Waals surface area contributed by atoms with E-state index in [0.29, 0.717) is 16.6 Å². The molecule has 4 rings (SSSR count). The van der Waals surface area contributed by atoms with Crippen LogP contribution >= 0.6 is 0 Å². The molecule has 1 aromatic heterocycles. The van der Waals surface area contributed by atoms with Crippen molar-refractivity contribution in [1.82, 2.24) is 15.3 Å². The maximum Gasteiger partial charge on any atom is 0.251 e. The van der Waals surface area contributed by atoms with Gasteiger partial charge in [-0.15, -0.1) is 0 Å². The van der Waals surface area contributed by atoms with Crippen LogP contribution in [0, 0.1) is 5.41 Å². The molecule has 34 heavy (non-hydrogen) atoms. The zero-order chi connectivity index (χ0) is 24.8. The number of aromatic amines is 1. The summed E-state index contributed by atoms with van der Waals surface area (Å²) in [6, 6.07) is 11.0. The minimum absolute atomic E-state index is 0.0102. The van der Waals surface area contributed by atoms with Crippen molar-refractivity contribution in [2.24, 2.45) is 10.9 Å². The second-order valence-electron chi connectivity index (χ2n) is 7.45. The number of nitrogens with two attached hydrogens (primary N) is 2. The fourth-order valence-corrected chi connectivity index (χ4v) is 4.05. The summed E-state index contributed by atoms with van der Waals surface area (Å²) in [5.74, 6) is -1.12. The predicted molar refractivity (Wildman–Crippen MR) is 126 cm³/mol. The van der Waals surface area contributed by atoms with Crippen molar-refractivity contribution in [2.75, 3.05) is 7.05 Å². The molecule has 0 saturated carbocycles. The van der Waals surface area contributed by atoms with Gasteiger partial charge in [0.1, 0.15) is 23.2 Å². The SMILES string of the molecule is CNC(=O)c1cc(-c2nc3ccc(C(=N)N)cc3[nH]2)c(O)c(-c2cc(S(N)(=O)=O)ccc2O)c1. The van der Waals surface area contributed by atoms with E-state index in [0.717, 1.165) is 18.2 Å². The fourth-order valence-electron chi connectivity index (χ4n) is 3.51. The first kappa shape index (κ1) is 22.8. The Morgan fingerprint density at radius 2 is 1.74 bits per heavy atom. The summed E-state index contributed by atoms with van der Waals surface area (Å²) >= 11 is 0. The largest absolute Gasteiger partial charge is 0.507 e. The third-order valence-corrected chi connectivity index (χ3v) is 6.14. The number of sulfonamides is 1.